The Bertz CT molecular complexity index is 4120. The number of nitrogens with one attached hydrogen (secondary N) is 2. The number of halogens is 2. The maximum absolute atomic E-state index is 16.0. The molecule has 81 heavy (non-hydrogen) atoms. The number of ether oxygens (including phenoxy) is 2. The molecule has 0 bridgehead atoms. The van der Waals surface area contributed by atoms with Gasteiger partial charge in [0, 0.05) is 95.4 Å². The summed E-state index contributed by atoms with van der Waals surface area (Å²) >= 11 is 0. The van der Waals surface area contributed by atoms with E-state index in [9.17, 15) is 9.59 Å². The van der Waals surface area contributed by atoms with Crippen LogP contribution in [0.5, 0.6) is 23.0 Å². The van der Waals surface area contributed by atoms with E-state index in [0.29, 0.717) is 110 Å². The smallest absolute Gasteiger partial charge is 0.246 e. The zero-order valence-electron chi connectivity index (χ0n) is 44.0. The standard InChI is InChI=1S/C55H50F2N20O4/c1-5-46(78)73-16-20-75(21-17-73)55-59-29-42-50(67-55)53(63-31-61-42)65-38-11-14-45(33(3)48(38)57)81-36-25-37(56)51-40(27-36)69-71-77(51)15-7-6-8-47(79)74-18-22-76(23-19-74)54-58-28-41-49(66-54)52(62-30-60-41)64-34-9-13-44(32(2)24-34)80-35-10-12-43-39(26-35)68-70-72(43)4/h5-6,8-14,24-31H,1,7,15-23H2,2-4H3,(H,60,62,64)(H,61,63,65)/b8-6+. The van der Waals surface area contributed by atoms with Gasteiger partial charge in [0.15, 0.2) is 23.3 Å². The molecular formula is C55H50F2N20O4. The normalized spacial score (nSPS) is 13.9. The van der Waals surface area contributed by atoms with E-state index in [2.05, 4.69) is 67.7 Å². The van der Waals surface area contributed by atoms with Crippen molar-refractivity contribution in [2.45, 2.75) is 26.8 Å². The molecule has 2 N–H and O–H groups in total. The van der Waals surface area contributed by atoms with E-state index < -0.39 is 11.6 Å². The molecule has 4 aromatic carbocycles. The molecule has 0 saturated carbocycles. The lowest BCUT2D eigenvalue weighted by molar-refractivity contribution is -0.127. The third-order valence-corrected chi connectivity index (χ3v) is 14.0. The lowest BCUT2D eigenvalue weighted by Crippen LogP contribution is -2.48. The topological polar surface area (TPSA) is 254 Å². The second-order valence-corrected chi connectivity index (χ2v) is 19.2. The van der Waals surface area contributed by atoms with Gasteiger partial charge < -0.3 is 39.7 Å². The number of hydrogen-bond acceptors (Lipinski definition) is 20. The van der Waals surface area contributed by atoms with Gasteiger partial charge in [-0.15, -0.1) is 10.2 Å². The van der Waals surface area contributed by atoms with E-state index in [4.69, 9.17) is 19.4 Å². The number of hydrogen-bond donors (Lipinski definition) is 2. The highest BCUT2D eigenvalue weighted by molar-refractivity contribution is 5.90. The first-order valence-corrected chi connectivity index (χ1v) is 25.9. The molecule has 2 aliphatic heterocycles. The Kier molecular flexibility index (Phi) is 13.8. The molecule has 2 amide bonds. The second kappa shape index (κ2) is 21.8. The zero-order chi connectivity index (χ0) is 55.7. The van der Waals surface area contributed by atoms with Gasteiger partial charge in [0.25, 0.3) is 0 Å². The van der Waals surface area contributed by atoms with E-state index in [-0.39, 0.29) is 58.0 Å². The van der Waals surface area contributed by atoms with Crippen LogP contribution in [-0.2, 0) is 23.2 Å². The van der Waals surface area contributed by atoms with Gasteiger partial charge in [-0.1, -0.05) is 23.1 Å². The van der Waals surface area contributed by atoms with Crippen molar-refractivity contribution in [3.8, 4) is 23.0 Å². The van der Waals surface area contributed by atoms with Crippen LogP contribution in [0, 0.1) is 25.5 Å². The third kappa shape index (κ3) is 10.6. The maximum atomic E-state index is 16.0. The molecule has 0 aliphatic carbocycles. The first kappa shape index (κ1) is 51.4. The summed E-state index contributed by atoms with van der Waals surface area (Å²) in [6, 6.07) is 17.2. The van der Waals surface area contributed by atoms with E-state index in [1.165, 1.54) is 47.7 Å². The maximum Gasteiger partial charge on any atom is 0.246 e. The highest BCUT2D eigenvalue weighted by atomic mass is 19.1. The average Bonchev–Trinajstić information content (AvgIpc) is 4.11. The Morgan fingerprint density at radius 3 is 1.98 bits per heavy atom. The summed E-state index contributed by atoms with van der Waals surface area (Å²) in [6.07, 6.45) is 10.9. The first-order chi connectivity index (χ1) is 39.4. The molecule has 2 fully saturated rings. The number of rotatable bonds is 15. The van der Waals surface area contributed by atoms with Crippen LogP contribution in [-0.4, -0.2) is 144 Å². The van der Waals surface area contributed by atoms with Crippen LogP contribution in [0.1, 0.15) is 17.5 Å². The quantitative estimate of drug-likeness (QED) is 0.0957. The van der Waals surface area contributed by atoms with Crippen LogP contribution >= 0.6 is 0 Å². The SMILES string of the molecule is C=CC(=O)N1CCN(c2ncc3ncnc(Nc4ccc(Oc5cc(F)c6c(c5)nnn6CC/C=C/C(=O)N5CCN(c6ncc7ncnc(Nc8ccc(Oc9ccc%10c(c9)nnn%10C)c(C)c8)c7n6)CC5)c(C)c4F)c3n2)CC1. The van der Waals surface area contributed by atoms with Crippen LogP contribution in [0.25, 0.3) is 44.1 Å². The molecule has 10 aromatic rings. The Morgan fingerprint density at radius 2 is 1.30 bits per heavy atom. The van der Waals surface area contributed by atoms with Gasteiger partial charge >= 0.3 is 0 Å². The molecule has 26 heteroatoms. The van der Waals surface area contributed by atoms with E-state index in [1.807, 2.05) is 60.2 Å². The molecule has 0 unspecified atom stereocenters. The molecule has 0 spiro atoms. The number of piperazine rings is 2. The zero-order valence-corrected chi connectivity index (χ0v) is 44.0. The van der Waals surface area contributed by atoms with Crippen molar-refractivity contribution in [3.05, 3.63) is 133 Å². The summed E-state index contributed by atoms with van der Waals surface area (Å²) in [5, 5.41) is 23.0. The number of fused-ring (bicyclic) bond motifs is 4. The number of nitrogens with zero attached hydrogens (tertiary/aromatic N) is 18. The fourth-order valence-electron chi connectivity index (χ4n) is 9.62. The van der Waals surface area contributed by atoms with E-state index in [1.54, 1.807) is 45.9 Å². The van der Waals surface area contributed by atoms with Crippen LogP contribution in [0.2, 0.25) is 0 Å². The molecule has 2 aliphatic rings. The summed E-state index contributed by atoms with van der Waals surface area (Å²) in [6.45, 7) is 11.2. The van der Waals surface area contributed by atoms with Crippen molar-refractivity contribution in [1.29, 1.82) is 0 Å². The number of amides is 2. The van der Waals surface area contributed by atoms with Crippen molar-refractivity contribution in [3.63, 3.8) is 0 Å². The van der Waals surface area contributed by atoms with Crippen molar-refractivity contribution in [2.24, 2.45) is 7.05 Å². The monoisotopic (exact) mass is 1090 g/mol. The van der Waals surface area contributed by atoms with Gasteiger partial charge in [0.1, 0.15) is 74.3 Å². The van der Waals surface area contributed by atoms with Crippen LogP contribution in [0.3, 0.4) is 0 Å². The Hall–Kier alpha value is -10.4. The molecule has 6 aromatic heterocycles. The fraction of sp³-hybridized carbons (Fsp3) is 0.236. The number of allylic oxidation sites excluding steroid dienone is 1. The molecule has 0 radical (unpaired) electrons. The molecule has 24 nitrogen and oxygen atoms in total. The summed E-state index contributed by atoms with van der Waals surface area (Å²) in [4.78, 5) is 69.0. The minimum atomic E-state index is -0.637. The molecule has 0 atom stereocenters. The third-order valence-electron chi connectivity index (χ3n) is 14.0. The number of carbonyl (C=O) groups excluding carboxylic acids is 2. The Labute approximate surface area is 459 Å². The lowest BCUT2D eigenvalue weighted by atomic mass is 10.1. The van der Waals surface area contributed by atoms with E-state index in [0.717, 1.165) is 22.3 Å². The van der Waals surface area contributed by atoms with Crippen LogP contribution in [0.4, 0.5) is 43.7 Å². The summed E-state index contributed by atoms with van der Waals surface area (Å²) in [5.74, 6) is 1.74. The van der Waals surface area contributed by atoms with Crippen molar-refractivity contribution < 1.29 is 27.8 Å². The fourth-order valence-corrected chi connectivity index (χ4v) is 9.62. The molecule has 408 valence electrons. The Morgan fingerprint density at radius 1 is 0.667 bits per heavy atom. The van der Waals surface area contributed by atoms with Crippen molar-refractivity contribution >= 4 is 90.9 Å². The van der Waals surface area contributed by atoms with Crippen molar-refractivity contribution in [1.82, 2.24) is 79.7 Å². The number of anilines is 6. The number of aryl methyl sites for hydroxylation is 3. The summed E-state index contributed by atoms with van der Waals surface area (Å²) in [5.41, 5.74) is 5.93. The number of carbonyl (C=O) groups is 2. The summed E-state index contributed by atoms with van der Waals surface area (Å²) in [7, 11) is 1.84. The predicted octanol–water partition coefficient (Wildman–Crippen LogP) is 7.28. The van der Waals surface area contributed by atoms with Crippen molar-refractivity contribution in [2.75, 3.05) is 72.8 Å². The molecular weight excluding hydrogens is 1040 g/mol. The largest absolute Gasteiger partial charge is 0.457 e. The van der Waals surface area contributed by atoms with Gasteiger partial charge in [-0.25, -0.2) is 58.0 Å². The van der Waals surface area contributed by atoms with Gasteiger partial charge in [0.05, 0.1) is 23.6 Å². The minimum absolute atomic E-state index is 0.0962. The number of benzene rings is 4. The Balaban J connectivity index is 0.634. The molecule has 2 saturated heterocycles. The number of aromatic nitrogens is 14. The highest BCUT2D eigenvalue weighted by Gasteiger charge is 2.25. The minimum Gasteiger partial charge on any atom is -0.457 e. The summed E-state index contributed by atoms with van der Waals surface area (Å²) < 4.78 is 47.2. The second-order valence-electron chi connectivity index (χ2n) is 19.2. The van der Waals surface area contributed by atoms with Gasteiger partial charge in [0.2, 0.25) is 23.7 Å². The van der Waals surface area contributed by atoms with E-state index >= 15 is 8.78 Å². The van der Waals surface area contributed by atoms with Crippen LogP contribution in [0.15, 0.2) is 111 Å². The molecule has 8 heterocycles. The lowest BCUT2D eigenvalue weighted by Gasteiger charge is -2.34. The van der Waals surface area contributed by atoms with Crippen LogP contribution < -0.4 is 29.9 Å². The average molecular weight is 1090 g/mol. The van der Waals surface area contributed by atoms with Gasteiger partial charge in [-0.2, -0.15) is 0 Å². The van der Waals surface area contributed by atoms with Gasteiger partial charge in [-0.05, 0) is 80.4 Å². The first-order valence-electron chi connectivity index (χ1n) is 25.9. The highest BCUT2D eigenvalue weighted by Crippen LogP contribution is 2.35. The van der Waals surface area contributed by atoms with Gasteiger partial charge in [-0.3, -0.25) is 9.59 Å². The predicted molar refractivity (Wildman–Crippen MR) is 297 cm³/mol. The molecule has 12 rings (SSSR count).